The number of aromatic nitrogens is 3. The van der Waals surface area contributed by atoms with Crippen LogP contribution in [0.4, 0.5) is 0 Å². The zero-order valence-electron chi connectivity index (χ0n) is 31.1. The highest BCUT2D eigenvalue weighted by Crippen LogP contribution is 2.55. The van der Waals surface area contributed by atoms with Crippen molar-refractivity contribution in [2.75, 3.05) is 0 Å². The summed E-state index contributed by atoms with van der Waals surface area (Å²) in [5, 5.41) is 0. The minimum absolute atomic E-state index is 0.0934. The molecule has 0 bridgehead atoms. The van der Waals surface area contributed by atoms with Crippen molar-refractivity contribution in [1.29, 1.82) is 0 Å². The molecule has 0 atom stereocenters. The van der Waals surface area contributed by atoms with Gasteiger partial charge in [-0.3, -0.25) is 0 Å². The molecule has 54 heavy (non-hydrogen) atoms. The van der Waals surface area contributed by atoms with Crippen LogP contribution in [-0.2, 0) is 10.8 Å². The number of hydrogen-bond donors (Lipinski definition) is 0. The predicted molar refractivity (Wildman–Crippen MR) is 224 cm³/mol. The Balaban J connectivity index is 1.09. The van der Waals surface area contributed by atoms with E-state index in [2.05, 4.69) is 143 Å². The Hall–Kier alpha value is -6.45. The summed E-state index contributed by atoms with van der Waals surface area (Å²) in [5.74, 6) is 1.97. The van der Waals surface area contributed by atoms with Crippen LogP contribution in [0.25, 0.3) is 78.7 Å². The largest absolute Gasteiger partial charge is 0.208 e. The topological polar surface area (TPSA) is 38.7 Å². The quantitative estimate of drug-likeness (QED) is 0.174. The van der Waals surface area contributed by atoms with Crippen LogP contribution in [0.2, 0.25) is 0 Å². The highest BCUT2D eigenvalue weighted by Gasteiger charge is 2.46. The molecule has 0 radical (unpaired) electrons. The van der Waals surface area contributed by atoms with Crippen molar-refractivity contribution < 1.29 is 0 Å². The first kappa shape index (κ1) is 33.4. The molecule has 0 saturated heterocycles. The van der Waals surface area contributed by atoms with Gasteiger partial charge in [-0.25, -0.2) is 15.0 Å². The summed E-state index contributed by atoms with van der Waals surface area (Å²) in [4.78, 5) is 14.8. The van der Waals surface area contributed by atoms with Gasteiger partial charge in [-0.15, -0.1) is 0 Å². The van der Waals surface area contributed by atoms with Crippen LogP contribution < -0.4 is 0 Å². The number of benzene rings is 7. The van der Waals surface area contributed by atoms with Gasteiger partial charge in [0.05, 0.1) is 0 Å². The SMILES string of the molecule is CC1(C)c2cc(-c3ccccc3)ccc2-c2ccc(-c3ccccc3-c3ccc(-c4nc(-c5ccccc5)nc(-c5ccccc5)n4)cc3)cc2C1(C)C. The average molecular weight is 696 g/mol. The predicted octanol–water partition coefficient (Wildman–Crippen LogP) is 13.1. The molecule has 0 aliphatic heterocycles. The summed E-state index contributed by atoms with van der Waals surface area (Å²) in [6.45, 7) is 9.63. The van der Waals surface area contributed by atoms with Crippen molar-refractivity contribution >= 4 is 0 Å². The van der Waals surface area contributed by atoms with Crippen LogP contribution in [-0.4, -0.2) is 15.0 Å². The Morgan fingerprint density at radius 2 is 0.611 bits per heavy atom. The standard InChI is InChI=1S/C51H41N3/c1-50(2)45-32-39(34-16-8-5-9-17-34)28-30-43(45)44-31-29-40(33-46(44)51(50,3)4)42-23-15-14-22-41(42)35-24-26-38(27-25-35)49-53-47(36-18-10-6-11-19-36)52-48(54-49)37-20-12-7-13-21-37/h5-33H,1-4H3. The van der Waals surface area contributed by atoms with Crippen molar-refractivity contribution in [2.45, 2.75) is 38.5 Å². The first-order valence-corrected chi connectivity index (χ1v) is 18.7. The summed E-state index contributed by atoms with van der Waals surface area (Å²) in [5.41, 5.74) is 15.4. The third-order valence-electron chi connectivity index (χ3n) is 11.7. The number of fused-ring (bicyclic) bond motifs is 3. The molecule has 3 nitrogen and oxygen atoms in total. The van der Waals surface area contributed by atoms with E-state index in [4.69, 9.17) is 15.0 Å². The molecule has 260 valence electrons. The molecule has 9 rings (SSSR count). The van der Waals surface area contributed by atoms with E-state index in [1.807, 2.05) is 60.7 Å². The lowest BCUT2D eigenvalue weighted by Gasteiger charge is -2.48. The normalized spacial score (nSPS) is 13.9. The maximum absolute atomic E-state index is 4.95. The second-order valence-corrected chi connectivity index (χ2v) is 15.3. The lowest BCUT2D eigenvalue weighted by Crippen LogP contribution is -2.43. The van der Waals surface area contributed by atoms with Gasteiger partial charge in [0, 0.05) is 16.7 Å². The lowest BCUT2D eigenvalue weighted by molar-refractivity contribution is 0.299. The second kappa shape index (κ2) is 13.2. The third-order valence-corrected chi connectivity index (χ3v) is 11.7. The van der Waals surface area contributed by atoms with Crippen molar-refractivity contribution in [1.82, 2.24) is 15.0 Å². The van der Waals surface area contributed by atoms with Crippen LogP contribution in [0, 0.1) is 0 Å². The number of rotatable bonds is 6. The maximum atomic E-state index is 4.95. The van der Waals surface area contributed by atoms with Gasteiger partial charge < -0.3 is 0 Å². The van der Waals surface area contributed by atoms with Gasteiger partial charge in [0.2, 0.25) is 0 Å². The molecule has 3 heteroatoms. The summed E-state index contributed by atoms with van der Waals surface area (Å²) in [6, 6.07) is 62.4. The molecule has 0 amide bonds. The minimum atomic E-state index is -0.112. The molecule has 0 spiro atoms. The van der Waals surface area contributed by atoms with E-state index in [-0.39, 0.29) is 10.8 Å². The van der Waals surface area contributed by atoms with Gasteiger partial charge in [-0.05, 0) is 78.6 Å². The Morgan fingerprint density at radius 3 is 1.09 bits per heavy atom. The molecule has 0 unspecified atom stereocenters. The zero-order valence-corrected chi connectivity index (χ0v) is 31.1. The first-order valence-electron chi connectivity index (χ1n) is 18.7. The van der Waals surface area contributed by atoms with Gasteiger partial charge >= 0.3 is 0 Å². The lowest BCUT2D eigenvalue weighted by atomic mass is 9.55. The molecule has 0 N–H and O–H groups in total. The van der Waals surface area contributed by atoms with Crippen molar-refractivity contribution in [2.24, 2.45) is 0 Å². The van der Waals surface area contributed by atoms with E-state index < -0.39 is 0 Å². The molecular formula is C51H41N3. The monoisotopic (exact) mass is 695 g/mol. The molecule has 7 aromatic carbocycles. The smallest absolute Gasteiger partial charge is 0.164 e. The third kappa shape index (κ3) is 5.74. The first-order chi connectivity index (χ1) is 26.3. The fourth-order valence-electron chi connectivity index (χ4n) is 7.97. The van der Waals surface area contributed by atoms with E-state index in [0.29, 0.717) is 17.5 Å². The molecule has 8 aromatic rings. The Kier molecular flexibility index (Phi) is 8.16. The van der Waals surface area contributed by atoms with Crippen LogP contribution in [0.15, 0.2) is 176 Å². The summed E-state index contributed by atoms with van der Waals surface area (Å²) in [6.07, 6.45) is 0. The average Bonchev–Trinajstić information content (AvgIpc) is 3.23. The highest BCUT2D eigenvalue weighted by molar-refractivity contribution is 5.88. The van der Waals surface area contributed by atoms with Crippen LogP contribution >= 0.6 is 0 Å². The molecule has 0 fully saturated rings. The Morgan fingerprint density at radius 1 is 0.278 bits per heavy atom. The molecule has 1 aliphatic carbocycles. The number of nitrogens with zero attached hydrogens (tertiary/aromatic N) is 3. The second-order valence-electron chi connectivity index (χ2n) is 15.3. The summed E-state index contributed by atoms with van der Waals surface area (Å²) in [7, 11) is 0. The van der Waals surface area contributed by atoms with Gasteiger partial charge in [-0.2, -0.15) is 0 Å². The van der Waals surface area contributed by atoms with E-state index in [9.17, 15) is 0 Å². The van der Waals surface area contributed by atoms with Gasteiger partial charge in [0.25, 0.3) is 0 Å². The van der Waals surface area contributed by atoms with Crippen LogP contribution in [0.3, 0.4) is 0 Å². The van der Waals surface area contributed by atoms with Crippen molar-refractivity contribution in [3.63, 3.8) is 0 Å². The maximum Gasteiger partial charge on any atom is 0.164 e. The molecule has 1 aliphatic rings. The van der Waals surface area contributed by atoms with E-state index in [1.54, 1.807) is 0 Å². The highest BCUT2D eigenvalue weighted by atomic mass is 15.0. The fraction of sp³-hybridized carbons (Fsp3) is 0.118. The molecule has 0 saturated carbocycles. The fourth-order valence-corrected chi connectivity index (χ4v) is 7.97. The zero-order chi connectivity index (χ0) is 36.9. The summed E-state index contributed by atoms with van der Waals surface area (Å²) >= 11 is 0. The van der Waals surface area contributed by atoms with E-state index in [1.165, 1.54) is 50.1 Å². The Labute approximate surface area is 318 Å². The van der Waals surface area contributed by atoms with Gasteiger partial charge in [0.15, 0.2) is 17.5 Å². The van der Waals surface area contributed by atoms with Crippen molar-refractivity contribution in [3.05, 3.63) is 187 Å². The molecule has 1 heterocycles. The van der Waals surface area contributed by atoms with Crippen molar-refractivity contribution in [3.8, 4) is 78.7 Å². The molecule has 1 aromatic heterocycles. The number of hydrogen-bond acceptors (Lipinski definition) is 3. The Bertz CT molecular complexity index is 2570. The van der Waals surface area contributed by atoms with E-state index in [0.717, 1.165) is 22.3 Å². The molecular weight excluding hydrogens is 655 g/mol. The van der Waals surface area contributed by atoms with E-state index >= 15 is 0 Å². The summed E-state index contributed by atoms with van der Waals surface area (Å²) < 4.78 is 0. The van der Waals surface area contributed by atoms with Gasteiger partial charge in [0.1, 0.15) is 0 Å². The minimum Gasteiger partial charge on any atom is -0.208 e. The van der Waals surface area contributed by atoms with Gasteiger partial charge in [-0.1, -0.05) is 191 Å². The van der Waals surface area contributed by atoms with Crippen LogP contribution in [0.1, 0.15) is 38.8 Å². The van der Waals surface area contributed by atoms with Crippen LogP contribution in [0.5, 0.6) is 0 Å².